The van der Waals surface area contributed by atoms with E-state index in [9.17, 15) is 4.79 Å². The van der Waals surface area contributed by atoms with Gasteiger partial charge in [0.2, 0.25) is 5.89 Å². The number of amides is 1. The van der Waals surface area contributed by atoms with E-state index >= 15 is 0 Å². The molecule has 0 aliphatic heterocycles. The topological polar surface area (TPSA) is 97.3 Å². The lowest BCUT2D eigenvalue weighted by molar-refractivity contribution is 0.102. The quantitative estimate of drug-likeness (QED) is 0.603. The van der Waals surface area contributed by atoms with Crippen molar-refractivity contribution in [3.63, 3.8) is 0 Å². The Hall–Kier alpha value is -3.35. The molecular formula is C21H25N5O2. The minimum absolute atomic E-state index is 0.273. The van der Waals surface area contributed by atoms with Crippen LogP contribution in [0.2, 0.25) is 0 Å². The molecule has 0 unspecified atom stereocenters. The Morgan fingerprint density at radius 2 is 2.00 bits per heavy atom. The summed E-state index contributed by atoms with van der Waals surface area (Å²) in [4.78, 5) is 23.6. The van der Waals surface area contributed by atoms with Crippen LogP contribution in [-0.4, -0.2) is 29.5 Å². The van der Waals surface area contributed by atoms with E-state index in [-0.39, 0.29) is 11.6 Å². The Morgan fingerprint density at radius 3 is 2.64 bits per heavy atom. The lowest BCUT2D eigenvalue weighted by atomic mass is 10.2. The van der Waals surface area contributed by atoms with Crippen molar-refractivity contribution < 1.29 is 9.21 Å². The van der Waals surface area contributed by atoms with E-state index in [0.29, 0.717) is 35.0 Å². The lowest BCUT2D eigenvalue weighted by Crippen LogP contribution is -2.18. The van der Waals surface area contributed by atoms with Crippen molar-refractivity contribution >= 4 is 23.1 Å². The second-order valence-electron chi connectivity index (χ2n) is 6.50. The molecule has 3 rings (SSSR count). The number of aryl methyl sites for hydroxylation is 1. The highest BCUT2D eigenvalue weighted by Crippen LogP contribution is 2.28. The average Bonchev–Trinajstić information content (AvgIpc) is 3.12. The molecule has 146 valence electrons. The molecule has 0 saturated carbocycles. The zero-order valence-corrected chi connectivity index (χ0v) is 16.4. The number of nitrogen functional groups attached to an aromatic ring is 1. The van der Waals surface area contributed by atoms with Gasteiger partial charge in [-0.1, -0.05) is 19.1 Å². The van der Waals surface area contributed by atoms with Crippen LogP contribution in [0.4, 0.5) is 17.2 Å². The molecule has 28 heavy (non-hydrogen) atoms. The largest absolute Gasteiger partial charge is 0.440 e. The van der Waals surface area contributed by atoms with Crippen LogP contribution in [0, 0.1) is 0 Å². The molecule has 2 aromatic heterocycles. The molecule has 0 fully saturated rings. The summed E-state index contributed by atoms with van der Waals surface area (Å²) in [6, 6.07) is 11.0. The number of pyridine rings is 1. The first-order valence-electron chi connectivity index (χ1n) is 9.36. The molecule has 1 aromatic carbocycles. The minimum Gasteiger partial charge on any atom is -0.440 e. The molecule has 7 nitrogen and oxygen atoms in total. The normalized spacial score (nSPS) is 10.7. The van der Waals surface area contributed by atoms with Gasteiger partial charge in [0.25, 0.3) is 5.91 Å². The van der Waals surface area contributed by atoms with E-state index in [0.717, 1.165) is 18.8 Å². The number of nitrogens with two attached hydrogens (primary N) is 1. The van der Waals surface area contributed by atoms with E-state index in [1.165, 1.54) is 0 Å². The molecule has 2 heterocycles. The minimum atomic E-state index is -0.327. The van der Waals surface area contributed by atoms with Crippen LogP contribution in [0.15, 0.2) is 47.0 Å². The molecule has 0 aliphatic carbocycles. The zero-order chi connectivity index (χ0) is 20.1. The number of anilines is 3. The molecular weight excluding hydrogens is 354 g/mol. The Kier molecular flexibility index (Phi) is 5.93. The van der Waals surface area contributed by atoms with E-state index in [4.69, 9.17) is 10.2 Å². The number of hydrogen-bond acceptors (Lipinski definition) is 6. The Morgan fingerprint density at radius 1 is 1.21 bits per heavy atom. The van der Waals surface area contributed by atoms with Gasteiger partial charge >= 0.3 is 0 Å². The maximum Gasteiger partial charge on any atom is 0.277 e. The summed E-state index contributed by atoms with van der Waals surface area (Å²) in [6.45, 7) is 4.92. The maximum absolute atomic E-state index is 12.8. The average molecular weight is 379 g/mol. The number of nitrogens with zero attached hydrogens (tertiary/aromatic N) is 3. The van der Waals surface area contributed by atoms with Gasteiger partial charge in [0.1, 0.15) is 11.6 Å². The van der Waals surface area contributed by atoms with Crippen molar-refractivity contribution in [3.8, 4) is 11.5 Å². The maximum atomic E-state index is 12.8. The number of nitrogens with one attached hydrogen (secondary N) is 1. The smallest absolute Gasteiger partial charge is 0.277 e. The van der Waals surface area contributed by atoms with Crippen molar-refractivity contribution in [3.05, 3.63) is 54.0 Å². The number of carbonyl (C=O) groups excluding carboxylic acids is 1. The number of carbonyl (C=O) groups is 1. The third-order valence-corrected chi connectivity index (χ3v) is 4.45. The standard InChI is InChI=1S/C21H25N5O2/c1-4-8-17-19(25-21(28-17)15-9-6-7-10-16(15)22)20(27)24-14-11-12-18(23-13-14)26(3)5-2/h6-7,9-13H,4-5,8,22H2,1-3H3,(H,24,27). The third kappa shape index (κ3) is 4.14. The summed E-state index contributed by atoms with van der Waals surface area (Å²) >= 11 is 0. The fourth-order valence-corrected chi connectivity index (χ4v) is 2.77. The predicted octanol–water partition coefficient (Wildman–Crippen LogP) is 3.98. The molecule has 7 heteroatoms. The van der Waals surface area contributed by atoms with Gasteiger partial charge < -0.3 is 20.4 Å². The first-order valence-corrected chi connectivity index (χ1v) is 9.36. The van der Waals surface area contributed by atoms with Crippen molar-refractivity contribution in [2.45, 2.75) is 26.7 Å². The predicted molar refractivity (Wildman–Crippen MR) is 111 cm³/mol. The highest BCUT2D eigenvalue weighted by atomic mass is 16.4. The van der Waals surface area contributed by atoms with Gasteiger partial charge in [0.05, 0.1) is 17.4 Å². The summed E-state index contributed by atoms with van der Waals surface area (Å²) in [5, 5.41) is 2.85. The van der Waals surface area contributed by atoms with Crippen LogP contribution in [0.5, 0.6) is 0 Å². The fraction of sp³-hybridized carbons (Fsp3) is 0.286. The molecule has 0 bridgehead atoms. The number of oxazole rings is 1. The number of rotatable bonds is 7. The summed E-state index contributed by atoms with van der Waals surface area (Å²) < 4.78 is 5.87. The molecule has 0 spiro atoms. The van der Waals surface area contributed by atoms with Crippen LogP contribution >= 0.6 is 0 Å². The lowest BCUT2D eigenvalue weighted by Gasteiger charge is -2.15. The van der Waals surface area contributed by atoms with Crippen molar-refractivity contribution in [1.29, 1.82) is 0 Å². The molecule has 0 saturated heterocycles. The van der Waals surface area contributed by atoms with E-state index in [2.05, 4.69) is 15.3 Å². The van der Waals surface area contributed by atoms with Gasteiger partial charge in [-0.3, -0.25) is 4.79 Å². The van der Waals surface area contributed by atoms with Crippen molar-refractivity contribution in [2.75, 3.05) is 29.5 Å². The van der Waals surface area contributed by atoms with Crippen molar-refractivity contribution in [1.82, 2.24) is 9.97 Å². The first kappa shape index (κ1) is 19.4. The van der Waals surface area contributed by atoms with Gasteiger partial charge in [0, 0.05) is 25.7 Å². The van der Waals surface area contributed by atoms with Gasteiger partial charge in [-0.25, -0.2) is 9.97 Å². The third-order valence-electron chi connectivity index (χ3n) is 4.45. The van der Waals surface area contributed by atoms with Crippen LogP contribution in [0.1, 0.15) is 36.5 Å². The molecule has 0 atom stereocenters. The second kappa shape index (κ2) is 8.56. The van der Waals surface area contributed by atoms with Crippen LogP contribution in [-0.2, 0) is 6.42 Å². The summed E-state index contributed by atoms with van der Waals surface area (Å²) in [5.41, 5.74) is 8.12. The Balaban J connectivity index is 1.85. The first-order chi connectivity index (χ1) is 13.5. The van der Waals surface area contributed by atoms with E-state index in [1.807, 2.05) is 56.1 Å². The van der Waals surface area contributed by atoms with Gasteiger partial charge in [-0.2, -0.15) is 0 Å². The summed E-state index contributed by atoms with van der Waals surface area (Å²) in [5.74, 6) is 1.42. The van der Waals surface area contributed by atoms with E-state index < -0.39 is 0 Å². The molecule has 0 radical (unpaired) electrons. The molecule has 3 N–H and O–H groups in total. The second-order valence-corrected chi connectivity index (χ2v) is 6.50. The Labute approximate surface area is 164 Å². The molecule has 3 aromatic rings. The van der Waals surface area contributed by atoms with Crippen molar-refractivity contribution in [2.24, 2.45) is 0 Å². The summed E-state index contributed by atoms with van der Waals surface area (Å²) in [7, 11) is 1.96. The fourth-order valence-electron chi connectivity index (χ4n) is 2.77. The zero-order valence-electron chi connectivity index (χ0n) is 16.4. The van der Waals surface area contributed by atoms with Gasteiger partial charge in [-0.15, -0.1) is 0 Å². The molecule has 1 amide bonds. The van der Waals surface area contributed by atoms with Gasteiger partial charge in [-0.05, 0) is 37.6 Å². The highest BCUT2D eigenvalue weighted by molar-refractivity contribution is 6.03. The summed E-state index contributed by atoms with van der Waals surface area (Å²) in [6.07, 6.45) is 3.08. The number of benzene rings is 1. The van der Waals surface area contributed by atoms with Crippen LogP contribution in [0.3, 0.4) is 0 Å². The molecule has 0 aliphatic rings. The number of hydrogen-bond donors (Lipinski definition) is 2. The van der Waals surface area contributed by atoms with Crippen LogP contribution in [0.25, 0.3) is 11.5 Å². The highest BCUT2D eigenvalue weighted by Gasteiger charge is 2.21. The van der Waals surface area contributed by atoms with E-state index in [1.54, 1.807) is 12.3 Å². The van der Waals surface area contributed by atoms with Crippen LogP contribution < -0.4 is 16.0 Å². The monoisotopic (exact) mass is 379 g/mol. The van der Waals surface area contributed by atoms with Gasteiger partial charge in [0.15, 0.2) is 5.69 Å². The Bertz CT molecular complexity index is 950. The SMILES string of the molecule is CCCc1oc(-c2ccccc2N)nc1C(=O)Nc1ccc(N(C)CC)nc1. The number of para-hydroxylation sites is 1. The number of aromatic nitrogens is 2.